The predicted molar refractivity (Wildman–Crippen MR) is 56.5 cm³/mol. The lowest BCUT2D eigenvalue weighted by Gasteiger charge is -2.24. The van der Waals surface area contributed by atoms with E-state index in [1.807, 2.05) is 13.0 Å². The van der Waals surface area contributed by atoms with Crippen molar-refractivity contribution in [1.82, 2.24) is 0 Å². The Kier molecular flexibility index (Phi) is 2.08. The maximum atomic E-state index is 11.8. The quantitative estimate of drug-likeness (QED) is 0.718. The lowest BCUT2D eigenvalue weighted by molar-refractivity contribution is -0.112. The van der Waals surface area contributed by atoms with E-state index in [1.165, 1.54) is 6.07 Å². The van der Waals surface area contributed by atoms with Crippen molar-refractivity contribution < 1.29 is 13.2 Å². The minimum atomic E-state index is -3.79. The fourth-order valence-corrected chi connectivity index (χ4v) is 3.15. The van der Waals surface area contributed by atoms with Gasteiger partial charge < -0.3 is 5.32 Å². The molecule has 0 saturated heterocycles. The monoisotopic (exact) mass is 225 g/mol. The number of hydrogen-bond acceptors (Lipinski definition) is 4. The first-order chi connectivity index (χ1) is 6.94. The molecule has 5 heteroatoms. The molecule has 0 aliphatic carbocycles. The molecule has 4 nitrogen and oxygen atoms in total. The second-order valence-corrected chi connectivity index (χ2v) is 5.49. The summed E-state index contributed by atoms with van der Waals surface area (Å²) >= 11 is 0. The Balaban J connectivity index is 2.78. The van der Waals surface area contributed by atoms with Crippen molar-refractivity contribution in [2.24, 2.45) is 0 Å². The van der Waals surface area contributed by atoms with Gasteiger partial charge in [-0.1, -0.05) is 12.1 Å². The summed E-state index contributed by atoms with van der Waals surface area (Å²) in [5.74, 6) is 0. The van der Waals surface area contributed by atoms with Crippen molar-refractivity contribution in [3.05, 3.63) is 23.8 Å². The molecule has 0 aromatic heterocycles. The second kappa shape index (κ2) is 3.06. The maximum absolute atomic E-state index is 11.8. The molecule has 0 spiro atoms. The molecule has 1 heterocycles. The van der Waals surface area contributed by atoms with Crippen LogP contribution in [0.2, 0.25) is 0 Å². The zero-order valence-corrected chi connectivity index (χ0v) is 9.26. The van der Waals surface area contributed by atoms with Gasteiger partial charge in [0.1, 0.15) is 0 Å². The van der Waals surface area contributed by atoms with E-state index in [0.717, 1.165) is 5.56 Å². The molecule has 0 bridgehead atoms. The number of hydrogen-bond donors (Lipinski definition) is 1. The summed E-state index contributed by atoms with van der Waals surface area (Å²) in [4.78, 5) is 11.6. The van der Waals surface area contributed by atoms with Crippen LogP contribution in [0.15, 0.2) is 23.1 Å². The molecular formula is C10H11NO3S. The van der Waals surface area contributed by atoms with Gasteiger partial charge in [-0.25, -0.2) is 8.42 Å². The topological polar surface area (TPSA) is 63.2 Å². The number of aryl methyl sites for hydroxylation is 1. The maximum Gasteiger partial charge on any atom is 0.272 e. The van der Waals surface area contributed by atoms with Crippen LogP contribution in [0.3, 0.4) is 0 Å². The van der Waals surface area contributed by atoms with E-state index < -0.39 is 21.0 Å². The number of anilines is 1. The molecule has 1 aromatic carbocycles. The normalized spacial score (nSPS) is 23.1. The van der Waals surface area contributed by atoms with Crippen molar-refractivity contribution >= 4 is 20.6 Å². The molecule has 1 N–H and O–H groups in total. The molecule has 1 aliphatic heterocycles. The van der Waals surface area contributed by atoms with Gasteiger partial charge in [0, 0.05) is 0 Å². The van der Waals surface area contributed by atoms with E-state index >= 15 is 0 Å². The van der Waals surface area contributed by atoms with E-state index in [2.05, 4.69) is 5.32 Å². The average molecular weight is 225 g/mol. The van der Waals surface area contributed by atoms with Crippen molar-refractivity contribution in [1.29, 1.82) is 0 Å². The van der Waals surface area contributed by atoms with Crippen LogP contribution in [0.5, 0.6) is 0 Å². The summed E-state index contributed by atoms with van der Waals surface area (Å²) in [5.41, 5.74) is 1.38. The molecule has 15 heavy (non-hydrogen) atoms. The third-order valence-corrected chi connectivity index (χ3v) is 4.31. The number of sulfone groups is 1. The minimum Gasteiger partial charge on any atom is -0.373 e. The SMILES string of the molecule is Cc1cccc2c1NC(C)C(=O)S2(=O)=O. The molecule has 0 fully saturated rings. The summed E-state index contributed by atoms with van der Waals surface area (Å²) < 4.78 is 23.6. The third kappa shape index (κ3) is 1.34. The van der Waals surface area contributed by atoms with E-state index in [9.17, 15) is 13.2 Å². The Labute approximate surface area is 88.2 Å². The highest BCUT2D eigenvalue weighted by molar-refractivity contribution is 8.06. The van der Waals surface area contributed by atoms with Crippen LogP contribution in [-0.4, -0.2) is 19.6 Å². The highest BCUT2D eigenvalue weighted by Crippen LogP contribution is 2.31. The molecule has 1 unspecified atom stereocenters. The van der Waals surface area contributed by atoms with Gasteiger partial charge in [-0.2, -0.15) is 0 Å². The highest BCUT2D eigenvalue weighted by atomic mass is 32.2. The van der Waals surface area contributed by atoms with Gasteiger partial charge in [-0.3, -0.25) is 4.79 Å². The van der Waals surface area contributed by atoms with Gasteiger partial charge in [0.2, 0.25) is 9.84 Å². The van der Waals surface area contributed by atoms with Gasteiger partial charge in [-0.15, -0.1) is 0 Å². The van der Waals surface area contributed by atoms with Crippen LogP contribution >= 0.6 is 0 Å². The van der Waals surface area contributed by atoms with E-state index in [1.54, 1.807) is 13.0 Å². The first kappa shape index (κ1) is 10.2. The van der Waals surface area contributed by atoms with Gasteiger partial charge in [0.15, 0.2) is 0 Å². The van der Waals surface area contributed by atoms with E-state index in [-0.39, 0.29) is 4.90 Å². The number of carbonyl (C=O) groups excluding carboxylic acids is 1. The number of carbonyl (C=O) groups is 1. The van der Waals surface area contributed by atoms with Crippen LogP contribution in [0, 0.1) is 6.92 Å². The number of nitrogens with one attached hydrogen (secondary N) is 1. The lowest BCUT2D eigenvalue weighted by atomic mass is 10.2. The molecule has 2 rings (SSSR count). The Bertz CT molecular complexity index is 534. The summed E-state index contributed by atoms with van der Waals surface area (Å²) in [7, 11) is -3.79. The molecule has 0 amide bonds. The first-order valence-corrected chi connectivity index (χ1v) is 6.08. The average Bonchev–Trinajstić information content (AvgIpc) is 2.17. The zero-order chi connectivity index (χ0) is 11.2. The largest absolute Gasteiger partial charge is 0.373 e. The number of benzene rings is 1. The number of fused-ring (bicyclic) bond motifs is 1. The number of rotatable bonds is 0. The number of para-hydroxylation sites is 1. The fourth-order valence-electron chi connectivity index (χ4n) is 1.67. The van der Waals surface area contributed by atoms with Crippen molar-refractivity contribution in [2.45, 2.75) is 24.8 Å². The van der Waals surface area contributed by atoms with Gasteiger partial charge in [0.05, 0.1) is 16.6 Å². The van der Waals surface area contributed by atoms with Crippen LogP contribution in [-0.2, 0) is 14.6 Å². The molecule has 0 saturated carbocycles. The molecule has 0 radical (unpaired) electrons. The van der Waals surface area contributed by atoms with Gasteiger partial charge in [-0.05, 0) is 25.5 Å². The summed E-state index contributed by atoms with van der Waals surface area (Å²) in [6.45, 7) is 3.36. The zero-order valence-electron chi connectivity index (χ0n) is 8.44. The first-order valence-electron chi connectivity index (χ1n) is 4.59. The Morgan fingerprint density at radius 2 is 2.00 bits per heavy atom. The predicted octanol–water partition coefficient (Wildman–Crippen LogP) is 1.11. The van der Waals surface area contributed by atoms with Crippen molar-refractivity contribution in [3.63, 3.8) is 0 Å². The van der Waals surface area contributed by atoms with Gasteiger partial charge in [0.25, 0.3) is 5.12 Å². The van der Waals surface area contributed by atoms with E-state index in [4.69, 9.17) is 0 Å². The molecule has 1 aliphatic rings. The summed E-state index contributed by atoms with van der Waals surface area (Å²) in [6, 6.07) is 4.22. The Hall–Kier alpha value is -1.36. The molecular weight excluding hydrogens is 214 g/mol. The van der Waals surface area contributed by atoms with Crippen LogP contribution in [0.4, 0.5) is 5.69 Å². The molecule has 80 valence electrons. The Morgan fingerprint density at radius 1 is 1.33 bits per heavy atom. The highest BCUT2D eigenvalue weighted by Gasteiger charge is 2.37. The van der Waals surface area contributed by atoms with Gasteiger partial charge >= 0.3 is 0 Å². The second-order valence-electron chi connectivity index (χ2n) is 3.64. The third-order valence-electron chi connectivity index (χ3n) is 2.50. The summed E-state index contributed by atoms with van der Waals surface area (Å²) in [5, 5.41) is 2.14. The molecule has 1 aromatic rings. The molecule has 1 atom stereocenters. The van der Waals surface area contributed by atoms with Crippen LogP contribution in [0.1, 0.15) is 12.5 Å². The van der Waals surface area contributed by atoms with E-state index in [0.29, 0.717) is 5.69 Å². The smallest absolute Gasteiger partial charge is 0.272 e. The lowest BCUT2D eigenvalue weighted by Crippen LogP contribution is -2.37. The van der Waals surface area contributed by atoms with Crippen molar-refractivity contribution in [2.75, 3.05) is 5.32 Å². The summed E-state index contributed by atoms with van der Waals surface area (Å²) in [6.07, 6.45) is 0. The standard InChI is InChI=1S/C10H11NO3S/c1-6-4-3-5-8-9(6)11-7(2)10(12)15(8,13)14/h3-5,7,11H,1-2H3. The Morgan fingerprint density at radius 3 is 2.67 bits per heavy atom. The van der Waals surface area contributed by atoms with Crippen LogP contribution in [0.25, 0.3) is 0 Å². The van der Waals surface area contributed by atoms with Crippen LogP contribution < -0.4 is 5.32 Å². The van der Waals surface area contributed by atoms with Crippen molar-refractivity contribution in [3.8, 4) is 0 Å². The fraction of sp³-hybridized carbons (Fsp3) is 0.300. The minimum absolute atomic E-state index is 0.0885.